The normalized spacial score (nSPS) is 11.1. The van der Waals surface area contributed by atoms with Crippen molar-refractivity contribution in [2.24, 2.45) is 0 Å². The van der Waals surface area contributed by atoms with Crippen LogP contribution in [0.1, 0.15) is 46.5 Å². The number of hydrogen-bond donors (Lipinski definition) is 2. The highest BCUT2D eigenvalue weighted by atomic mass is 35.5. The summed E-state index contributed by atoms with van der Waals surface area (Å²) < 4.78 is 1.93. The minimum absolute atomic E-state index is 0.188. The number of carbonyl (C=O) groups is 1. The molecule has 0 spiro atoms. The van der Waals surface area contributed by atoms with Crippen molar-refractivity contribution in [2.45, 2.75) is 39.3 Å². The van der Waals surface area contributed by atoms with Crippen molar-refractivity contribution >= 4 is 28.9 Å². The number of hydrogen-bond acceptors (Lipinski definition) is 4. The van der Waals surface area contributed by atoms with E-state index < -0.39 is 5.97 Å². The molecule has 0 saturated heterocycles. The Labute approximate surface area is 166 Å². The summed E-state index contributed by atoms with van der Waals surface area (Å²) in [7, 11) is 0. The number of aromatic nitrogens is 2. The maximum absolute atomic E-state index is 11.5. The van der Waals surface area contributed by atoms with Gasteiger partial charge in [-0.1, -0.05) is 43.1 Å². The largest absolute Gasteiger partial charge is 0.478 e. The second-order valence-electron chi connectivity index (χ2n) is 6.23. The van der Waals surface area contributed by atoms with Gasteiger partial charge >= 0.3 is 5.97 Å². The molecule has 7 heteroatoms. The summed E-state index contributed by atoms with van der Waals surface area (Å²) in [6.45, 7) is 2.48. The average molecular weight is 405 g/mol. The van der Waals surface area contributed by atoms with Gasteiger partial charge in [-0.25, -0.2) is 9.78 Å². The zero-order valence-corrected chi connectivity index (χ0v) is 16.6. The number of benzene rings is 1. The Morgan fingerprint density at radius 1 is 1.26 bits per heavy atom. The third-order valence-electron chi connectivity index (χ3n) is 4.35. The Balaban J connectivity index is 1.91. The lowest BCUT2D eigenvalue weighted by molar-refractivity contribution is 0.0697. The molecule has 0 radical (unpaired) electrons. The van der Waals surface area contributed by atoms with Crippen molar-refractivity contribution in [3.63, 3.8) is 0 Å². The molecule has 3 aromatic rings. The zero-order chi connectivity index (χ0) is 19.4. The first kappa shape index (κ1) is 19.6. The molecule has 3 rings (SSSR count). The molecule has 1 aromatic carbocycles. The SMILES string of the molecule is CCCCc1nc(CO)c(Cl)n1Cc1ccc(-c2ccccc2C(=O)O)s1. The third kappa shape index (κ3) is 4.24. The van der Waals surface area contributed by atoms with E-state index in [0.717, 1.165) is 34.8 Å². The Kier molecular flexibility index (Phi) is 6.31. The van der Waals surface area contributed by atoms with Crippen LogP contribution in [-0.2, 0) is 19.6 Å². The highest BCUT2D eigenvalue weighted by molar-refractivity contribution is 7.15. The molecule has 27 heavy (non-hydrogen) atoms. The lowest BCUT2D eigenvalue weighted by Gasteiger charge is -2.08. The molecule has 2 N–H and O–H groups in total. The molecule has 2 aromatic heterocycles. The summed E-state index contributed by atoms with van der Waals surface area (Å²) in [4.78, 5) is 17.9. The molecular weight excluding hydrogens is 384 g/mol. The van der Waals surface area contributed by atoms with Crippen molar-refractivity contribution in [2.75, 3.05) is 0 Å². The Morgan fingerprint density at radius 3 is 2.74 bits per heavy atom. The Bertz CT molecular complexity index is 949. The van der Waals surface area contributed by atoms with E-state index in [1.54, 1.807) is 12.1 Å². The van der Waals surface area contributed by atoms with Gasteiger partial charge in [0, 0.05) is 21.7 Å². The fourth-order valence-electron chi connectivity index (χ4n) is 2.97. The van der Waals surface area contributed by atoms with Crippen LogP contribution in [0.25, 0.3) is 10.4 Å². The first-order valence-electron chi connectivity index (χ1n) is 8.81. The van der Waals surface area contributed by atoms with Gasteiger partial charge in [-0.3, -0.25) is 0 Å². The minimum atomic E-state index is -0.937. The summed E-state index contributed by atoms with van der Waals surface area (Å²) in [5.74, 6) is -0.0700. The maximum Gasteiger partial charge on any atom is 0.336 e. The van der Waals surface area contributed by atoms with Crippen molar-refractivity contribution in [1.82, 2.24) is 9.55 Å². The topological polar surface area (TPSA) is 75.4 Å². The van der Waals surface area contributed by atoms with E-state index in [-0.39, 0.29) is 12.2 Å². The van der Waals surface area contributed by atoms with Gasteiger partial charge in [-0.05, 0) is 24.6 Å². The molecule has 0 aliphatic carbocycles. The molecule has 0 aliphatic heterocycles. The van der Waals surface area contributed by atoms with Crippen LogP contribution in [0, 0.1) is 0 Å². The number of nitrogens with zero attached hydrogens (tertiary/aromatic N) is 2. The number of thiophene rings is 1. The smallest absolute Gasteiger partial charge is 0.336 e. The first-order valence-corrected chi connectivity index (χ1v) is 10.0. The van der Waals surface area contributed by atoms with Crippen LogP contribution < -0.4 is 0 Å². The van der Waals surface area contributed by atoms with Crippen molar-refractivity contribution < 1.29 is 15.0 Å². The van der Waals surface area contributed by atoms with Crippen LogP contribution in [-0.4, -0.2) is 25.7 Å². The van der Waals surface area contributed by atoms with Gasteiger partial charge in [0.2, 0.25) is 0 Å². The van der Waals surface area contributed by atoms with Gasteiger partial charge < -0.3 is 14.8 Å². The van der Waals surface area contributed by atoms with Gasteiger partial charge in [0.25, 0.3) is 0 Å². The molecular formula is C20H21ClN2O3S. The van der Waals surface area contributed by atoms with Crippen molar-refractivity contribution in [3.05, 3.63) is 63.5 Å². The number of carboxylic acids is 1. The maximum atomic E-state index is 11.5. The number of rotatable bonds is 8. The quantitative estimate of drug-likeness (QED) is 0.563. The number of aromatic carboxylic acids is 1. The standard InChI is InChI=1S/C20H21ClN2O3S/c1-2-3-8-18-22-16(12-24)19(21)23(18)11-13-9-10-17(27-13)14-6-4-5-7-15(14)20(25)26/h4-7,9-10,24H,2-3,8,11-12H2,1H3,(H,25,26). The lowest BCUT2D eigenvalue weighted by Crippen LogP contribution is -2.04. The number of aliphatic hydroxyl groups excluding tert-OH is 1. The molecule has 142 valence electrons. The van der Waals surface area contributed by atoms with Crippen LogP contribution in [0.5, 0.6) is 0 Å². The van der Waals surface area contributed by atoms with Gasteiger partial charge in [0.1, 0.15) is 16.7 Å². The number of aryl methyl sites for hydroxylation is 1. The van der Waals surface area contributed by atoms with Crippen LogP contribution >= 0.6 is 22.9 Å². The fourth-order valence-corrected chi connectivity index (χ4v) is 4.26. The number of halogens is 1. The summed E-state index contributed by atoms with van der Waals surface area (Å²) in [6, 6.07) is 10.9. The summed E-state index contributed by atoms with van der Waals surface area (Å²) >= 11 is 7.95. The molecule has 0 unspecified atom stereocenters. The van der Waals surface area contributed by atoms with E-state index in [4.69, 9.17) is 11.6 Å². The molecule has 5 nitrogen and oxygen atoms in total. The second kappa shape index (κ2) is 8.69. The van der Waals surface area contributed by atoms with Gasteiger partial charge in [0.15, 0.2) is 0 Å². The number of aliphatic hydroxyl groups is 1. The third-order valence-corrected chi connectivity index (χ3v) is 5.88. The zero-order valence-electron chi connectivity index (χ0n) is 15.0. The lowest BCUT2D eigenvalue weighted by atomic mass is 10.1. The molecule has 0 atom stereocenters. The fraction of sp³-hybridized carbons (Fsp3) is 0.300. The van der Waals surface area contributed by atoms with E-state index in [1.807, 2.05) is 28.8 Å². The van der Waals surface area contributed by atoms with E-state index in [2.05, 4.69) is 11.9 Å². The van der Waals surface area contributed by atoms with Gasteiger partial charge in [-0.2, -0.15) is 0 Å². The molecule has 0 amide bonds. The molecule has 0 aliphatic rings. The van der Waals surface area contributed by atoms with E-state index in [9.17, 15) is 15.0 Å². The number of unbranched alkanes of at least 4 members (excludes halogenated alkanes) is 1. The molecule has 2 heterocycles. The first-order chi connectivity index (χ1) is 13.0. The Morgan fingerprint density at radius 2 is 2.04 bits per heavy atom. The van der Waals surface area contributed by atoms with Crippen molar-refractivity contribution in [1.29, 1.82) is 0 Å². The van der Waals surface area contributed by atoms with E-state index >= 15 is 0 Å². The average Bonchev–Trinajstić information content (AvgIpc) is 3.26. The predicted octanol–water partition coefficient (Wildman–Crippen LogP) is 4.85. The minimum Gasteiger partial charge on any atom is -0.478 e. The second-order valence-corrected chi connectivity index (χ2v) is 7.76. The van der Waals surface area contributed by atoms with Crippen LogP contribution in [0.4, 0.5) is 0 Å². The monoisotopic (exact) mass is 404 g/mol. The Hall–Kier alpha value is -2.15. The number of carboxylic acid groups (broad SMARTS) is 1. The number of imidazole rings is 1. The van der Waals surface area contributed by atoms with Crippen LogP contribution in [0.15, 0.2) is 36.4 Å². The van der Waals surface area contributed by atoms with Crippen LogP contribution in [0.2, 0.25) is 5.15 Å². The van der Waals surface area contributed by atoms with E-state index in [0.29, 0.717) is 23.0 Å². The summed E-state index contributed by atoms with van der Waals surface area (Å²) in [6.07, 6.45) is 2.85. The van der Waals surface area contributed by atoms with E-state index in [1.165, 1.54) is 11.3 Å². The molecule has 0 fully saturated rings. The van der Waals surface area contributed by atoms with Crippen LogP contribution in [0.3, 0.4) is 0 Å². The summed E-state index contributed by atoms with van der Waals surface area (Å²) in [5.41, 5.74) is 1.49. The van der Waals surface area contributed by atoms with Crippen molar-refractivity contribution in [3.8, 4) is 10.4 Å². The van der Waals surface area contributed by atoms with Gasteiger partial charge in [-0.15, -0.1) is 11.3 Å². The van der Waals surface area contributed by atoms with Gasteiger partial charge in [0.05, 0.1) is 18.7 Å². The predicted molar refractivity (Wildman–Crippen MR) is 108 cm³/mol. The summed E-state index contributed by atoms with van der Waals surface area (Å²) in [5, 5.41) is 19.3. The highest BCUT2D eigenvalue weighted by Gasteiger charge is 2.17. The molecule has 0 saturated carbocycles. The molecule has 0 bridgehead atoms. The highest BCUT2D eigenvalue weighted by Crippen LogP contribution is 2.32.